The van der Waals surface area contributed by atoms with Gasteiger partial charge in [0.2, 0.25) is 0 Å². The summed E-state index contributed by atoms with van der Waals surface area (Å²) in [7, 11) is 0. The van der Waals surface area contributed by atoms with Crippen LogP contribution in [0.5, 0.6) is 0 Å². The van der Waals surface area contributed by atoms with Gasteiger partial charge in [-0.25, -0.2) is 9.67 Å². The topological polar surface area (TPSA) is 39.9 Å². The molecule has 0 amide bonds. The first-order valence-corrected chi connectivity index (χ1v) is 8.63. The third-order valence-electron chi connectivity index (χ3n) is 3.58. The maximum atomic E-state index is 6.45. The van der Waals surface area contributed by atoms with E-state index in [2.05, 4.69) is 30.9 Å². The number of benzene rings is 1. The Balaban J connectivity index is 2.48. The largest absolute Gasteiger partial charge is 0.491 e. The number of aromatic nitrogens is 3. The molecule has 24 heavy (non-hydrogen) atoms. The normalized spacial score (nSPS) is 14.8. The molecular formula is C18H23Cl2N3O. The van der Waals surface area contributed by atoms with Crippen molar-refractivity contribution in [2.75, 3.05) is 0 Å². The molecule has 1 heterocycles. The van der Waals surface area contributed by atoms with Gasteiger partial charge in [0.05, 0.1) is 12.3 Å². The van der Waals surface area contributed by atoms with Crippen molar-refractivity contribution in [1.82, 2.24) is 14.8 Å². The number of ether oxygens (including phenoxy) is 1. The molecule has 4 nitrogen and oxygen atoms in total. The van der Waals surface area contributed by atoms with E-state index >= 15 is 0 Å². The number of halogens is 2. The quantitative estimate of drug-likeness (QED) is 0.600. The van der Waals surface area contributed by atoms with E-state index in [9.17, 15) is 0 Å². The summed E-state index contributed by atoms with van der Waals surface area (Å²) in [5.41, 5.74) is 0.955. The third kappa shape index (κ3) is 4.99. The van der Waals surface area contributed by atoms with Gasteiger partial charge in [-0.2, -0.15) is 5.10 Å². The maximum absolute atomic E-state index is 6.45. The van der Waals surface area contributed by atoms with Gasteiger partial charge in [-0.05, 0) is 30.9 Å². The van der Waals surface area contributed by atoms with Gasteiger partial charge in [0, 0.05) is 15.6 Å². The second-order valence-electron chi connectivity index (χ2n) is 6.90. The first-order valence-electron chi connectivity index (χ1n) is 7.87. The van der Waals surface area contributed by atoms with Gasteiger partial charge in [-0.15, -0.1) is 0 Å². The predicted octanol–water partition coefficient (Wildman–Crippen LogP) is 5.85. The summed E-state index contributed by atoms with van der Waals surface area (Å²) < 4.78 is 7.87. The minimum Gasteiger partial charge on any atom is -0.491 e. The first kappa shape index (κ1) is 18.8. The second kappa shape index (κ2) is 8.04. The number of rotatable bonds is 6. The molecule has 6 heteroatoms. The molecule has 0 saturated heterocycles. The molecule has 130 valence electrons. The summed E-state index contributed by atoms with van der Waals surface area (Å²) in [6.07, 6.45) is 7.33. The smallest absolute Gasteiger partial charge is 0.147 e. The van der Waals surface area contributed by atoms with Crippen LogP contribution in [0.2, 0.25) is 10.0 Å². The summed E-state index contributed by atoms with van der Waals surface area (Å²) >= 11 is 12.5. The highest BCUT2D eigenvalue weighted by Gasteiger charge is 2.32. The van der Waals surface area contributed by atoms with Crippen molar-refractivity contribution in [1.29, 1.82) is 0 Å². The van der Waals surface area contributed by atoms with Gasteiger partial charge in [0.15, 0.2) is 0 Å². The molecular weight excluding hydrogens is 345 g/mol. The van der Waals surface area contributed by atoms with Gasteiger partial charge in [0.1, 0.15) is 18.8 Å². The predicted molar refractivity (Wildman–Crippen MR) is 98.2 cm³/mol. The average molecular weight is 368 g/mol. The number of hydrogen-bond acceptors (Lipinski definition) is 3. The number of nitrogens with zero attached hydrogens (tertiary/aromatic N) is 3. The van der Waals surface area contributed by atoms with Crippen molar-refractivity contribution in [2.24, 2.45) is 5.41 Å². The molecule has 2 unspecified atom stereocenters. The summed E-state index contributed by atoms with van der Waals surface area (Å²) in [5.74, 6) is 0. The molecule has 0 bridgehead atoms. The lowest BCUT2D eigenvalue weighted by atomic mass is 9.84. The molecule has 1 aromatic heterocycles. The Hall–Kier alpha value is -1.52. The SMILES string of the molecule is CC=COC(c1ccc(Cl)cc1Cl)C(CC(C)(C)C)n1cncn1. The van der Waals surface area contributed by atoms with Crippen molar-refractivity contribution in [2.45, 2.75) is 46.3 Å². The van der Waals surface area contributed by atoms with Crippen LogP contribution in [-0.2, 0) is 4.74 Å². The van der Waals surface area contributed by atoms with Crippen molar-refractivity contribution < 1.29 is 4.74 Å². The molecule has 0 spiro atoms. The molecule has 2 aromatic rings. The lowest BCUT2D eigenvalue weighted by Crippen LogP contribution is -2.25. The lowest BCUT2D eigenvalue weighted by molar-refractivity contribution is 0.0624. The Morgan fingerprint density at radius 2 is 2.04 bits per heavy atom. The summed E-state index contributed by atoms with van der Waals surface area (Å²) in [5, 5.41) is 5.51. The first-order chi connectivity index (χ1) is 11.3. The van der Waals surface area contributed by atoms with Crippen molar-refractivity contribution in [3.05, 3.63) is 58.8 Å². The zero-order valence-corrected chi connectivity index (χ0v) is 15.9. The zero-order valence-electron chi connectivity index (χ0n) is 14.4. The molecule has 0 aliphatic carbocycles. The molecule has 0 saturated carbocycles. The van der Waals surface area contributed by atoms with Crippen molar-refractivity contribution in [3.63, 3.8) is 0 Å². The fourth-order valence-corrected chi connectivity index (χ4v) is 3.14. The summed E-state index contributed by atoms with van der Waals surface area (Å²) in [6.45, 7) is 8.47. The third-order valence-corrected chi connectivity index (χ3v) is 4.14. The summed E-state index contributed by atoms with van der Waals surface area (Å²) in [6, 6.07) is 5.41. The van der Waals surface area contributed by atoms with Crippen LogP contribution < -0.4 is 0 Å². The average Bonchev–Trinajstić information content (AvgIpc) is 3.00. The fraction of sp³-hybridized carbons (Fsp3) is 0.444. The molecule has 0 radical (unpaired) electrons. The number of hydrogen-bond donors (Lipinski definition) is 0. The Morgan fingerprint density at radius 1 is 1.29 bits per heavy atom. The van der Waals surface area contributed by atoms with E-state index in [1.165, 1.54) is 6.33 Å². The second-order valence-corrected chi connectivity index (χ2v) is 7.74. The standard InChI is InChI=1S/C18H23Cl2N3O/c1-5-8-24-17(14-7-6-13(19)9-15(14)20)16(10-18(2,3)4)23-12-21-11-22-23/h5-9,11-12,16-17H,10H2,1-4H3. The highest BCUT2D eigenvalue weighted by molar-refractivity contribution is 6.35. The molecule has 2 atom stereocenters. The van der Waals surface area contributed by atoms with E-state index in [1.807, 2.05) is 29.8 Å². The lowest BCUT2D eigenvalue weighted by Gasteiger charge is -2.32. The molecule has 0 fully saturated rings. The van der Waals surface area contributed by atoms with E-state index in [-0.39, 0.29) is 17.6 Å². The summed E-state index contributed by atoms with van der Waals surface area (Å²) in [4.78, 5) is 4.09. The van der Waals surface area contributed by atoms with Crippen molar-refractivity contribution in [3.8, 4) is 0 Å². The fourth-order valence-electron chi connectivity index (χ4n) is 2.62. The van der Waals surface area contributed by atoms with Crippen LogP contribution in [0.3, 0.4) is 0 Å². The van der Waals surface area contributed by atoms with Crippen molar-refractivity contribution >= 4 is 23.2 Å². The van der Waals surface area contributed by atoms with Crippen LogP contribution in [-0.4, -0.2) is 14.8 Å². The highest BCUT2D eigenvalue weighted by Crippen LogP contribution is 2.41. The van der Waals surface area contributed by atoms with E-state index < -0.39 is 0 Å². The number of allylic oxidation sites excluding steroid dienone is 1. The molecule has 0 aliphatic heterocycles. The van der Waals surface area contributed by atoms with Crippen LogP contribution in [0.1, 0.15) is 51.8 Å². The Bertz CT molecular complexity index is 678. The Morgan fingerprint density at radius 3 is 2.58 bits per heavy atom. The minimum atomic E-state index is -0.299. The monoisotopic (exact) mass is 367 g/mol. The molecule has 0 aliphatic rings. The van der Waals surface area contributed by atoms with E-state index in [1.54, 1.807) is 18.7 Å². The zero-order chi connectivity index (χ0) is 17.7. The van der Waals surface area contributed by atoms with Gasteiger partial charge in [0.25, 0.3) is 0 Å². The van der Waals surface area contributed by atoms with Crippen LogP contribution in [0, 0.1) is 5.41 Å². The Labute approximate surface area is 153 Å². The van der Waals surface area contributed by atoms with E-state index in [0.29, 0.717) is 10.0 Å². The molecule has 1 aromatic carbocycles. The van der Waals surface area contributed by atoms with Gasteiger partial charge in [-0.1, -0.05) is 56.1 Å². The Kier molecular flexibility index (Phi) is 6.30. The van der Waals surface area contributed by atoms with Crippen LogP contribution >= 0.6 is 23.2 Å². The molecule has 0 N–H and O–H groups in total. The van der Waals surface area contributed by atoms with Gasteiger partial charge < -0.3 is 4.74 Å². The maximum Gasteiger partial charge on any atom is 0.147 e. The van der Waals surface area contributed by atoms with Crippen LogP contribution in [0.4, 0.5) is 0 Å². The van der Waals surface area contributed by atoms with E-state index in [0.717, 1.165) is 12.0 Å². The van der Waals surface area contributed by atoms with E-state index in [4.69, 9.17) is 27.9 Å². The minimum absolute atomic E-state index is 0.0534. The van der Waals surface area contributed by atoms with Crippen LogP contribution in [0.15, 0.2) is 43.2 Å². The van der Waals surface area contributed by atoms with Gasteiger partial charge in [-0.3, -0.25) is 0 Å². The molecule has 2 rings (SSSR count). The van der Waals surface area contributed by atoms with Gasteiger partial charge >= 0.3 is 0 Å². The highest BCUT2D eigenvalue weighted by atomic mass is 35.5. The van der Waals surface area contributed by atoms with Crippen LogP contribution in [0.25, 0.3) is 0 Å².